The van der Waals surface area contributed by atoms with Gasteiger partial charge in [0.15, 0.2) is 0 Å². The fraction of sp³-hybridized carbons (Fsp3) is 0.714. The van der Waals surface area contributed by atoms with Crippen LogP contribution in [0.2, 0.25) is 0 Å². The van der Waals surface area contributed by atoms with Gasteiger partial charge < -0.3 is 14.0 Å². The Balaban J connectivity index is 0. The Kier molecular flexibility index (Phi) is 10.5. The third kappa shape index (κ3) is 12.4. The van der Waals surface area contributed by atoms with E-state index in [1.807, 2.05) is 0 Å². The minimum absolute atomic E-state index is 0. The van der Waals surface area contributed by atoms with E-state index in [4.69, 9.17) is 9.47 Å². The topological polar surface area (TPSA) is 75.7 Å². The molecule has 0 aromatic rings. The first-order valence-electron chi connectivity index (χ1n) is 3.73. The molecule has 0 aromatic carbocycles. The van der Waals surface area contributed by atoms with Crippen LogP contribution < -0.4 is 29.6 Å². The normalized spacial score (nSPS) is 12.7. The van der Waals surface area contributed by atoms with Gasteiger partial charge in [-0.25, -0.2) is 8.42 Å². The van der Waals surface area contributed by atoms with Crippen LogP contribution in [0.5, 0.6) is 0 Å². The summed E-state index contributed by atoms with van der Waals surface area (Å²) in [5.41, 5.74) is 0. The molecule has 0 heterocycles. The number of rotatable bonds is 7. The fourth-order valence-corrected chi connectivity index (χ4v) is 0.903. The SMILES string of the molecule is C=COCC(C)OCCS(=O)(=O)[O-].[Na+]. The van der Waals surface area contributed by atoms with E-state index in [1.165, 1.54) is 6.26 Å². The van der Waals surface area contributed by atoms with Crippen molar-refractivity contribution in [2.45, 2.75) is 13.0 Å². The van der Waals surface area contributed by atoms with E-state index in [0.717, 1.165) is 0 Å². The summed E-state index contributed by atoms with van der Waals surface area (Å²) in [6, 6.07) is 0. The van der Waals surface area contributed by atoms with Crippen LogP contribution >= 0.6 is 0 Å². The summed E-state index contributed by atoms with van der Waals surface area (Å²) >= 11 is 0. The molecular formula is C7H13NaO5S. The number of ether oxygens (including phenoxy) is 2. The number of hydrogen-bond acceptors (Lipinski definition) is 5. The Bertz CT molecular complexity index is 238. The third-order valence-corrected chi connectivity index (χ3v) is 1.85. The van der Waals surface area contributed by atoms with Gasteiger partial charge in [-0.15, -0.1) is 0 Å². The van der Waals surface area contributed by atoms with Crippen molar-refractivity contribution in [1.82, 2.24) is 0 Å². The monoisotopic (exact) mass is 232 g/mol. The fourth-order valence-electron chi connectivity index (χ4n) is 0.603. The van der Waals surface area contributed by atoms with Gasteiger partial charge >= 0.3 is 29.6 Å². The van der Waals surface area contributed by atoms with Crippen molar-refractivity contribution in [3.8, 4) is 0 Å². The molecule has 0 spiro atoms. The van der Waals surface area contributed by atoms with Crippen LogP contribution in [0.15, 0.2) is 12.8 Å². The van der Waals surface area contributed by atoms with Crippen LogP contribution in [-0.4, -0.2) is 38.0 Å². The molecule has 1 atom stereocenters. The Labute approximate surface area is 107 Å². The molecule has 0 aliphatic carbocycles. The molecule has 7 heteroatoms. The quantitative estimate of drug-likeness (QED) is 0.267. The molecule has 14 heavy (non-hydrogen) atoms. The van der Waals surface area contributed by atoms with Crippen molar-refractivity contribution in [2.24, 2.45) is 0 Å². The summed E-state index contributed by atoms with van der Waals surface area (Å²) < 4.78 is 40.2. The van der Waals surface area contributed by atoms with Gasteiger partial charge in [-0.2, -0.15) is 0 Å². The van der Waals surface area contributed by atoms with E-state index in [9.17, 15) is 13.0 Å². The maximum atomic E-state index is 10.1. The van der Waals surface area contributed by atoms with E-state index in [0.29, 0.717) is 6.61 Å². The van der Waals surface area contributed by atoms with Crippen LogP contribution in [0.1, 0.15) is 6.92 Å². The second kappa shape index (κ2) is 8.70. The van der Waals surface area contributed by atoms with Crippen molar-refractivity contribution in [2.75, 3.05) is 19.0 Å². The first-order chi connectivity index (χ1) is 5.95. The predicted octanol–water partition coefficient (Wildman–Crippen LogP) is -2.90. The molecule has 0 saturated heterocycles. The molecule has 1 unspecified atom stereocenters. The summed E-state index contributed by atoms with van der Waals surface area (Å²) in [6.45, 7) is 5.23. The molecule has 0 bridgehead atoms. The maximum absolute atomic E-state index is 10.1. The second-order valence-corrected chi connectivity index (χ2v) is 3.97. The molecule has 0 saturated carbocycles. The van der Waals surface area contributed by atoms with Gasteiger partial charge in [0.25, 0.3) is 0 Å². The van der Waals surface area contributed by atoms with E-state index in [2.05, 4.69) is 6.58 Å². The van der Waals surface area contributed by atoms with Gasteiger partial charge in [0, 0.05) is 0 Å². The average Bonchev–Trinajstić information content (AvgIpc) is 1.98. The summed E-state index contributed by atoms with van der Waals surface area (Å²) in [4.78, 5) is 0. The Morgan fingerprint density at radius 3 is 2.57 bits per heavy atom. The van der Waals surface area contributed by atoms with Crippen LogP contribution in [-0.2, 0) is 19.6 Å². The third-order valence-electron chi connectivity index (χ3n) is 1.18. The molecule has 0 rings (SSSR count). The molecule has 0 radical (unpaired) electrons. The maximum Gasteiger partial charge on any atom is 1.00 e. The van der Waals surface area contributed by atoms with Crippen molar-refractivity contribution in [3.63, 3.8) is 0 Å². The molecule has 0 amide bonds. The smallest absolute Gasteiger partial charge is 0.748 e. The van der Waals surface area contributed by atoms with E-state index >= 15 is 0 Å². The van der Waals surface area contributed by atoms with Gasteiger partial charge in [-0.05, 0) is 6.92 Å². The minimum Gasteiger partial charge on any atom is -0.748 e. The minimum atomic E-state index is -4.18. The van der Waals surface area contributed by atoms with Gasteiger partial charge in [-0.1, -0.05) is 6.58 Å². The van der Waals surface area contributed by atoms with Crippen LogP contribution in [0.25, 0.3) is 0 Å². The summed E-state index contributed by atoms with van der Waals surface area (Å²) in [6.07, 6.45) is 1.02. The van der Waals surface area contributed by atoms with Gasteiger partial charge in [0.05, 0.1) is 34.8 Å². The zero-order chi connectivity index (χ0) is 10.3. The zero-order valence-corrected chi connectivity index (χ0v) is 11.2. The molecule has 0 aromatic heterocycles. The van der Waals surface area contributed by atoms with Gasteiger partial charge in [0.2, 0.25) is 0 Å². The van der Waals surface area contributed by atoms with E-state index in [1.54, 1.807) is 6.92 Å². The number of hydrogen-bond donors (Lipinski definition) is 0. The Hall–Kier alpha value is 0.410. The first kappa shape index (κ1) is 16.8. The Morgan fingerprint density at radius 2 is 2.14 bits per heavy atom. The van der Waals surface area contributed by atoms with Crippen LogP contribution in [0, 0.1) is 0 Å². The molecular weight excluding hydrogens is 219 g/mol. The van der Waals surface area contributed by atoms with Gasteiger partial charge in [-0.3, -0.25) is 0 Å². The molecule has 0 aliphatic heterocycles. The van der Waals surface area contributed by atoms with Crippen molar-refractivity contribution >= 4 is 10.1 Å². The van der Waals surface area contributed by atoms with Gasteiger partial charge in [0.1, 0.15) is 6.61 Å². The van der Waals surface area contributed by atoms with E-state index < -0.39 is 15.9 Å². The van der Waals surface area contributed by atoms with Crippen molar-refractivity contribution in [1.29, 1.82) is 0 Å². The average molecular weight is 232 g/mol. The molecule has 0 aliphatic rings. The summed E-state index contributed by atoms with van der Waals surface area (Å²) in [5, 5.41) is 0. The predicted molar refractivity (Wildman–Crippen MR) is 46.1 cm³/mol. The molecule has 0 N–H and O–H groups in total. The molecule has 5 nitrogen and oxygen atoms in total. The first-order valence-corrected chi connectivity index (χ1v) is 5.31. The van der Waals surface area contributed by atoms with Crippen LogP contribution in [0.4, 0.5) is 0 Å². The van der Waals surface area contributed by atoms with E-state index in [-0.39, 0.29) is 42.3 Å². The summed E-state index contributed by atoms with van der Waals surface area (Å²) in [7, 11) is -4.18. The standard InChI is InChI=1S/C7H14O5S.Na/c1-3-11-6-7(2)12-4-5-13(8,9)10;/h3,7H,1,4-6H2,2H3,(H,8,9,10);/q;+1/p-1. The second-order valence-electron chi connectivity index (χ2n) is 2.44. The zero-order valence-electron chi connectivity index (χ0n) is 8.43. The molecule has 78 valence electrons. The molecule has 0 fully saturated rings. The summed E-state index contributed by atoms with van der Waals surface area (Å²) in [5.74, 6) is -0.509. The van der Waals surface area contributed by atoms with Crippen molar-refractivity contribution < 1.29 is 52.0 Å². The Morgan fingerprint density at radius 1 is 1.57 bits per heavy atom. The van der Waals surface area contributed by atoms with Crippen molar-refractivity contribution in [3.05, 3.63) is 12.8 Å². The largest absolute Gasteiger partial charge is 1.00 e. The van der Waals surface area contributed by atoms with Crippen LogP contribution in [0.3, 0.4) is 0 Å².